The molecule has 1 aliphatic heterocycles. The Kier molecular flexibility index (Phi) is 5.62. The first-order chi connectivity index (χ1) is 13.7. The molecule has 3 rings (SSSR count). The number of rotatable bonds is 7. The van der Waals surface area contributed by atoms with Crippen LogP contribution in [0.5, 0.6) is 0 Å². The van der Waals surface area contributed by atoms with E-state index in [0.29, 0.717) is 23.2 Å². The van der Waals surface area contributed by atoms with E-state index in [-0.39, 0.29) is 0 Å². The van der Waals surface area contributed by atoms with Gasteiger partial charge in [0, 0.05) is 0 Å². The number of imide groups is 1. The van der Waals surface area contributed by atoms with Gasteiger partial charge in [-0.05, 0) is 37.8 Å². The topological polar surface area (TPSA) is 123 Å². The molecule has 10 nitrogen and oxygen atoms in total. The molecule has 1 aromatic carbocycles. The Labute approximate surface area is 166 Å². The molecular formula is C19H23N5O5. The molecule has 3 amide bonds. The first-order valence-electron chi connectivity index (χ1n) is 9.33. The number of esters is 1. The second-order valence-corrected chi connectivity index (χ2v) is 7.64. The lowest BCUT2D eigenvalue weighted by molar-refractivity contribution is -0.151. The second-order valence-electron chi connectivity index (χ2n) is 7.64. The molecule has 0 unspecified atom stereocenters. The van der Waals surface area contributed by atoms with Crippen LogP contribution in [0.25, 0.3) is 10.9 Å². The van der Waals surface area contributed by atoms with Crippen molar-refractivity contribution >= 4 is 28.8 Å². The maximum Gasteiger partial charge on any atom is 0.328 e. The Morgan fingerprint density at radius 3 is 2.69 bits per heavy atom. The van der Waals surface area contributed by atoms with Crippen LogP contribution in [0.15, 0.2) is 29.1 Å². The monoisotopic (exact) mass is 401 g/mol. The zero-order valence-electron chi connectivity index (χ0n) is 16.5. The number of benzene rings is 1. The fourth-order valence-electron chi connectivity index (χ4n) is 3.05. The van der Waals surface area contributed by atoms with Gasteiger partial charge in [0.2, 0.25) is 0 Å². The molecule has 0 radical (unpaired) electrons. The third-order valence-electron chi connectivity index (χ3n) is 4.83. The van der Waals surface area contributed by atoms with Crippen molar-refractivity contribution in [2.45, 2.75) is 45.9 Å². The summed E-state index contributed by atoms with van der Waals surface area (Å²) in [4.78, 5) is 50.1. The predicted octanol–water partition coefficient (Wildman–Crippen LogP) is 1.04. The molecule has 2 aromatic rings. The van der Waals surface area contributed by atoms with Crippen LogP contribution in [0.2, 0.25) is 0 Å². The first kappa shape index (κ1) is 20.4. The molecule has 10 heteroatoms. The molecule has 0 saturated carbocycles. The van der Waals surface area contributed by atoms with Crippen LogP contribution in [-0.2, 0) is 21.1 Å². The highest BCUT2D eigenvalue weighted by atomic mass is 16.5. The van der Waals surface area contributed by atoms with Crippen molar-refractivity contribution in [1.29, 1.82) is 0 Å². The lowest BCUT2D eigenvalue weighted by Gasteiger charge is -2.22. The van der Waals surface area contributed by atoms with Gasteiger partial charge in [0.15, 0.2) is 6.73 Å². The van der Waals surface area contributed by atoms with Crippen molar-refractivity contribution in [3.63, 3.8) is 0 Å². The molecule has 0 aliphatic carbocycles. The van der Waals surface area contributed by atoms with E-state index >= 15 is 0 Å². The highest BCUT2D eigenvalue weighted by Crippen LogP contribution is 2.24. The van der Waals surface area contributed by atoms with Crippen molar-refractivity contribution in [1.82, 2.24) is 25.2 Å². The SMILES string of the molecule is CC(C)CC[C@]1(C)NC(=O)N(CC(=O)OCn2nnc3ccccc3c2=O)C1=O. The Morgan fingerprint density at radius 1 is 1.24 bits per heavy atom. The molecule has 1 fully saturated rings. The summed E-state index contributed by atoms with van der Waals surface area (Å²) in [5.41, 5.74) is -1.07. The number of carbonyl (C=O) groups is 3. The van der Waals surface area contributed by atoms with Gasteiger partial charge in [0.25, 0.3) is 11.5 Å². The maximum atomic E-state index is 12.6. The fraction of sp³-hybridized carbons (Fsp3) is 0.474. The van der Waals surface area contributed by atoms with Gasteiger partial charge >= 0.3 is 12.0 Å². The number of ether oxygens (including phenoxy) is 1. The fourth-order valence-corrected chi connectivity index (χ4v) is 3.05. The Balaban J connectivity index is 1.62. The van der Waals surface area contributed by atoms with Crippen molar-refractivity contribution in [3.05, 3.63) is 34.6 Å². The summed E-state index contributed by atoms with van der Waals surface area (Å²) in [5, 5.41) is 10.6. The van der Waals surface area contributed by atoms with Crippen LogP contribution in [-0.4, -0.2) is 49.9 Å². The first-order valence-corrected chi connectivity index (χ1v) is 9.33. The minimum absolute atomic E-state index is 0.341. The summed E-state index contributed by atoms with van der Waals surface area (Å²) in [5.74, 6) is -0.928. The maximum absolute atomic E-state index is 12.6. The van der Waals surface area contributed by atoms with E-state index in [1.165, 1.54) is 0 Å². The van der Waals surface area contributed by atoms with Crippen LogP contribution in [0.4, 0.5) is 4.79 Å². The van der Waals surface area contributed by atoms with Gasteiger partial charge in [-0.1, -0.05) is 31.2 Å². The molecule has 1 N–H and O–H groups in total. The molecular weight excluding hydrogens is 378 g/mol. The number of aromatic nitrogens is 3. The average molecular weight is 401 g/mol. The summed E-state index contributed by atoms with van der Waals surface area (Å²) in [6, 6.07) is 6.02. The largest absolute Gasteiger partial charge is 0.441 e. The molecule has 29 heavy (non-hydrogen) atoms. The van der Waals surface area contributed by atoms with Gasteiger partial charge in [-0.3, -0.25) is 19.3 Å². The standard InChI is InChI=1S/C19H23N5O5/c1-12(2)8-9-19(3)17(27)23(18(28)20-19)10-15(25)29-11-24-16(26)13-6-4-5-7-14(13)21-22-24/h4-7,12H,8-11H2,1-3H3,(H,20,28)/t19-/m0/s1. The number of hydrogen-bond donors (Lipinski definition) is 1. The Bertz CT molecular complexity index is 1020. The van der Waals surface area contributed by atoms with Crippen molar-refractivity contribution in [2.75, 3.05) is 6.54 Å². The number of nitrogens with zero attached hydrogens (tertiary/aromatic N) is 4. The van der Waals surface area contributed by atoms with E-state index in [0.717, 1.165) is 16.0 Å². The molecule has 154 valence electrons. The van der Waals surface area contributed by atoms with Crippen molar-refractivity contribution in [3.8, 4) is 0 Å². The number of carbonyl (C=O) groups excluding carboxylic acids is 3. The molecule has 1 aliphatic rings. The minimum atomic E-state index is -1.04. The van der Waals surface area contributed by atoms with E-state index in [4.69, 9.17) is 4.74 Å². The summed E-state index contributed by atoms with van der Waals surface area (Å²) >= 11 is 0. The molecule has 1 atom stereocenters. The van der Waals surface area contributed by atoms with Crippen molar-refractivity contribution < 1.29 is 19.1 Å². The third-order valence-corrected chi connectivity index (χ3v) is 4.83. The Hall–Kier alpha value is -3.30. The van der Waals surface area contributed by atoms with E-state index in [1.807, 2.05) is 13.8 Å². The van der Waals surface area contributed by atoms with Crippen LogP contribution in [0.3, 0.4) is 0 Å². The molecule has 0 bridgehead atoms. The van der Waals surface area contributed by atoms with Gasteiger partial charge in [-0.15, -0.1) is 5.10 Å². The molecule has 1 saturated heterocycles. The predicted molar refractivity (Wildman–Crippen MR) is 103 cm³/mol. The van der Waals surface area contributed by atoms with Crippen LogP contribution < -0.4 is 10.9 Å². The number of urea groups is 1. The van der Waals surface area contributed by atoms with E-state index in [1.54, 1.807) is 31.2 Å². The van der Waals surface area contributed by atoms with E-state index in [9.17, 15) is 19.2 Å². The minimum Gasteiger partial charge on any atom is -0.441 e. The Morgan fingerprint density at radius 2 is 1.97 bits per heavy atom. The number of amides is 3. The normalized spacial score (nSPS) is 19.1. The van der Waals surface area contributed by atoms with Gasteiger partial charge in [0.1, 0.15) is 17.6 Å². The zero-order valence-corrected chi connectivity index (χ0v) is 16.5. The molecule has 1 aromatic heterocycles. The number of nitrogens with one attached hydrogen (secondary N) is 1. The molecule has 2 heterocycles. The molecule has 0 spiro atoms. The number of fused-ring (bicyclic) bond motifs is 1. The van der Waals surface area contributed by atoms with Gasteiger partial charge in [-0.25, -0.2) is 4.79 Å². The highest BCUT2D eigenvalue weighted by molar-refractivity contribution is 6.08. The lowest BCUT2D eigenvalue weighted by atomic mass is 9.92. The van der Waals surface area contributed by atoms with Crippen LogP contribution in [0.1, 0.15) is 33.6 Å². The van der Waals surface area contributed by atoms with Crippen molar-refractivity contribution in [2.24, 2.45) is 5.92 Å². The summed E-state index contributed by atoms with van der Waals surface area (Å²) < 4.78 is 5.93. The zero-order chi connectivity index (χ0) is 21.2. The van der Waals surface area contributed by atoms with Crippen LogP contribution in [0, 0.1) is 5.92 Å². The summed E-state index contributed by atoms with van der Waals surface area (Å²) in [6.45, 7) is 4.68. The quantitative estimate of drug-likeness (QED) is 0.543. The smallest absolute Gasteiger partial charge is 0.328 e. The van der Waals surface area contributed by atoms with Gasteiger partial charge in [0.05, 0.1) is 5.39 Å². The lowest BCUT2D eigenvalue weighted by Crippen LogP contribution is -2.44. The van der Waals surface area contributed by atoms with Gasteiger partial charge < -0.3 is 10.1 Å². The average Bonchev–Trinajstić information content (AvgIpc) is 2.89. The third kappa shape index (κ3) is 4.25. The summed E-state index contributed by atoms with van der Waals surface area (Å²) in [7, 11) is 0. The second kappa shape index (κ2) is 7.98. The highest BCUT2D eigenvalue weighted by Gasteiger charge is 2.48. The van der Waals surface area contributed by atoms with E-state index < -0.39 is 42.3 Å². The number of hydrogen-bond acceptors (Lipinski definition) is 7. The van der Waals surface area contributed by atoms with Gasteiger partial charge in [-0.2, -0.15) is 4.68 Å². The summed E-state index contributed by atoms with van der Waals surface area (Å²) in [6.07, 6.45) is 1.23. The van der Waals surface area contributed by atoms with E-state index in [2.05, 4.69) is 15.6 Å². The van der Waals surface area contributed by atoms with Crippen LogP contribution >= 0.6 is 0 Å².